The highest BCUT2D eigenvalue weighted by atomic mass is 35.5. The van der Waals surface area contributed by atoms with E-state index in [-0.39, 0.29) is 34.3 Å². The van der Waals surface area contributed by atoms with Crippen LogP contribution in [-0.2, 0) is 0 Å². The van der Waals surface area contributed by atoms with Gasteiger partial charge in [0.05, 0.1) is 10.3 Å². The van der Waals surface area contributed by atoms with Gasteiger partial charge in [0.15, 0.2) is 0 Å². The van der Waals surface area contributed by atoms with Gasteiger partial charge in [-0.3, -0.25) is 4.79 Å². The van der Waals surface area contributed by atoms with Crippen molar-refractivity contribution >= 4 is 38.8 Å². The highest BCUT2D eigenvalue weighted by Gasteiger charge is 2.65. The fraction of sp³-hybridized carbons (Fsp3) is 0.286. The molecule has 1 saturated carbocycles. The molecule has 1 amide bonds. The maximum Gasteiger partial charge on any atom is 0.310 e. The zero-order valence-corrected chi connectivity index (χ0v) is 18.7. The summed E-state index contributed by atoms with van der Waals surface area (Å²) < 4.78 is 70.7. The summed E-state index contributed by atoms with van der Waals surface area (Å²) in [7, 11) is -9.83. The van der Waals surface area contributed by atoms with Gasteiger partial charge in [-0.1, -0.05) is 55.4 Å². The second kappa shape index (κ2) is 6.36. The fourth-order valence-electron chi connectivity index (χ4n) is 4.79. The highest BCUT2D eigenvalue weighted by molar-refractivity contribution is 8.45. The number of rotatable bonds is 4. The molecule has 4 aliphatic rings. The minimum atomic E-state index is -9.83. The largest absolute Gasteiger partial charge is 0.456 e. The van der Waals surface area contributed by atoms with Crippen molar-refractivity contribution in [2.75, 3.05) is 0 Å². The van der Waals surface area contributed by atoms with Crippen molar-refractivity contribution < 1.29 is 29.0 Å². The van der Waals surface area contributed by atoms with Gasteiger partial charge in [0.1, 0.15) is 16.4 Å². The van der Waals surface area contributed by atoms with Crippen molar-refractivity contribution in [1.82, 2.24) is 5.32 Å². The van der Waals surface area contributed by atoms with Gasteiger partial charge in [-0.05, 0) is 66.1 Å². The van der Waals surface area contributed by atoms with Crippen LogP contribution in [-0.4, -0.2) is 10.5 Å². The lowest BCUT2D eigenvalue weighted by atomic mass is 9.56. The Labute approximate surface area is 190 Å². The van der Waals surface area contributed by atoms with Gasteiger partial charge >= 0.3 is 10.2 Å². The lowest BCUT2D eigenvalue weighted by molar-refractivity contribution is 0.193. The zero-order chi connectivity index (χ0) is 23.1. The summed E-state index contributed by atoms with van der Waals surface area (Å²) in [6.07, 6.45) is 1.94. The second-order valence-electron chi connectivity index (χ2n) is 8.38. The first-order valence-corrected chi connectivity index (χ1v) is 12.9. The third kappa shape index (κ3) is 3.76. The molecule has 32 heavy (non-hydrogen) atoms. The molecule has 2 fully saturated rings. The summed E-state index contributed by atoms with van der Waals surface area (Å²) >= 11 is 7.07. The van der Waals surface area contributed by atoms with Crippen LogP contribution in [0.5, 0.6) is 11.5 Å². The minimum absolute atomic E-state index is 0.0618. The van der Waals surface area contributed by atoms with E-state index in [1.54, 1.807) is 6.07 Å². The number of thioether (sulfide) groups is 1. The molecule has 11 heteroatoms. The molecule has 2 bridgehead atoms. The first-order valence-electron chi connectivity index (χ1n) is 9.71. The molecule has 1 aliphatic heterocycles. The van der Waals surface area contributed by atoms with Crippen molar-refractivity contribution in [1.29, 1.82) is 0 Å². The number of ether oxygens (including phenoxy) is 1. The molecule has 1 N–H and O–H groups in total. The molecule has 0 aromatic heterocycles. The van der Waals surface area contributed by atoms with Crippen LogP contribution in [0, 0.1) is 5.92 Å². The monoisotopic (exact) mass is 509 g/mol. The molecule has 3 aliphatic carbocycles. The van der Waals surface area contributed by atoms with Crippen molar-refractivity contribution in [2.24, 2.45) is 5.92 Å². The average Bonchev–Trinajstić information content (AvgIpc) is 2.97. The van der Waals surface area contributed by atoms with Crippen LogP contribution in [0.4, 0.5) is 24.2 Å². The third-order valence-corrected chi connectivity index (χ3v) is 8.87. The number of carbonyl (C=O) groups excluding carboxylic acids is 1. The molecule has 1 heterocycles. The predicted octanol–water partition coefficient (Wildman–Crippen LogP) is 8.72. The SMILES string of the molecule is C=C1NC(=O)SC1C1c2ccc(Oc3ccc(S(F)(F)(F)(F)F)cc3Cl)cc2C2CC1C2. The van der Waals surface area contributed by atoms with E-state index in [1.165, 1.54) is 11.8 Å². The molecule has 2 aromatic rings. The number of hydrogen-bond acceptors (Lipinski definition) is 3. The first kappa shape index (κ1) is 21.9. The predicted molar refractivity (Wildman–Crippen MR) is 117 cm³/mol. The molecule has 2 unspecified atom stereocenters. The highest BCUT2D eigenvalue weighted by Crippen LogP contribution is 3.02. The van der Waals surface area contributed by atoms with E-state index in [1.807, 2.05) is 12.1 Å². The lowest BCUT2D eigenvalue weighted by Crippen LogP contribution is -2.39. The molecular formula is C21H17ClF5NO2S2. The maximum absolute atomic E-state index is 13.0. The maximum atomic E-state index is 13.0. The molecular weight excluding hydrogens is 493 g/mol. The van der Waals surface area contributed by atoms with Crippen molar-refractivity contribution in [2.45, 2.75) is 34.8 Å². The van der Waals surface area contributed by atoms with Crippen LogP contribution in [0.25, 0.3) is 0 Å². The van der Waals surface area contributed by atoms with Crippen molar-refractivity contribution in [3.8, 4) is 11.5 Å². The molecule has 172 valence electrons. The van der Waals surface area contributed by atoms with Crippen LogP contribution >= 0.6 is 33.6 Å². The van der Waals surface area contributed by atoms with Crippen LogP contribution in [0.15, 0.2) is 53.6 Å². The van der Waals surface area contributed by atoms with E-state index in [0.717, 1.165) is 30.0 Å². The number of hydrogen-bond donors (Lipinski definition) is 1. The van der Waals surface area contributed by atoms with Gasteiger partial charge in [0.25, 0.3) is 5.24 Å². The van der Waals surface area contributed by atoms with E-state index in [4.69, 9.17) is 16.3 Å². The Balaban J connectivity index is 1.44. The van der Waals surface area contributed by atoms with E-state index in [2.05, 4.69) is 11.9 Å². The van der Waals surface area contributed by atoms with E-state index < -0.39 is 20.1 Å². The Bertz CT molecular complexity index is 1180. The number of amides is 1. The Kier molecular flexibility index (Phi) is 4.35. The van der Waals surface area contributed by atoms with Gasteiger partial charge in [-0.2, -0.15) is 0 Å². The first-order chi connectivity index (χ1) is 14.7. The van der Waals surface area contributed by atoms with E-state index >= 15 is 0 Å². The molecule has 0 spiro atoms. The number of benzene rings is 2. The van der Waals surface area contributed by atoms with Crippen LogP contribution in [0.3, 0.4) is 0 Å². The summed E-state index contributed by atoms with van der Waals surface area (Å²) in [4.78, 5) is 9.73. The topological polar surface area (TPSA) is 38.3 Å². The van der Waals surface area contributed by atoms with Crippen molar-refractivity contribution in [3.63, 3.8) is 0 Å². The molecule has 3 nitrogen and oxygen atoms in total. The van der Waals surface area contributed by atoms with Gasteiger partial charge < -0.3 is 10.1 Å². The van der Waals surface area contributed by atoms with E-state index in [0.29, 0.717) is 23.3 Å². The summed E-state index contributed by atoms with van der Waals surface area (Å²) in [5.41, 5.74) is 2.85. The third-order valence-electron chi connectivity index (χ3n) is 6.28. The van der Waals surface area contributed by atoms with Crippen molar-refractivity contribution in [3.05, 3.63) is 64.8 Å². The smallest absolute Gasteiger partial charge is 0.310 e. The number of nitrogens with one attached hydrogen (secondary N) is 1. The Hall–Kier alpha value is -1.91. The van der Waals surface area contributed by atoms with E-state index in [9.17, 15) is 24.2 Å². The van der Waals surface area contributed by atoms with Crippen LogP contribution in [0.2, 0.25) is 5.02 Å². The fourth-order valence-corrected chi connectivity index (χ4v) is 6.87. The van der Waals surface area contributed by atoms with Crippen LogP contribution < -0.4 is 10.1 Å². The molecule has 1 saturated heterocycles. The van der Waals surface area contributed by atoms with Gasteiger partial charge in [0.2, 0.25) is 0 Å². The average molecular weight is 510 g/mol. The normalized spacial score (nSPS) is 28.8. The standard InChI is InChI=1S/C21H17ClF5NO2S2/c1-10-20(31-21(29)28-10)19-12-6-11(7-12)16-8-13(2-4-15(16)19)30-18-5-3-14(9-17(18)22)32(23,24,25,26)27/h2-5,8-9,11-12,19-20H,1,6-7H2,(H,28,29). The molecule has 6 rings (SSSR count). The lowest BCUT2D eigenvalue weighted by Gasteiger charge is -2.49. The Morgan fingerprint density at radius 2 is 1.78 bits per heavy atom. The second-order valence-corrected chi connectivity index (χ2v) is 12.3. The Morgan fingerprint density at radius 1 is 1.06 bits per heavy atom. The quantitative estimate of drug-likeness (QED) is 0.419. The number of halogens is 6. The molecule has 2 aromatic carbocycles. The van der Waals surface area contributed by atoms with Gasteiger partial charge in [-0.25, -0.2) is 0 Å². The zero-order valence-electron chi connectivity index (χ0n) is 16.3. The van der Waals surface area contributed by atoms with Gasteiger partial charge in [-0.15, -0.1) is 0 Å². The molecule has 2 atom stereocenters. The summed E-state index contributed by atoms with van der Waals surface area (Å²) in [5.74, 6) is 1.12. The summed E-state index contributed by atoms with van der Waals surface area (Å²) in [5, 5.41) is 2.03. The Morgan fingerprint density at radius 3 is 2.38 bits per heavy atom. The minimum Gasteiger partial charge on any atom is -0.456 e. The number of carbonyl (C=O) groups is 1. The summed E-state index contributed by atoms with van der Waals surface area (Å²) in [6, 6.07) is 6.64. The molecule has 0 radical (unpaired) electrons. The summed E-state index contributed by atoms with van der Waals surface area (Å²) in [6.45, 7) is 3.98. The van der Waals surface area contributed by atoms with Crippen LogP contribution in [0.1, 0.15) is 35.8 Å². The van der Waals surface area contributed by atoms with Gasteiger partial charge in [0, 0.05) is 11.6 Å².